The fourth-order valence-corrected chi connectivity index (χ4v) is 1.05. The average Bonchev–Trinajstić information content (AvgIpc) is 2.26. The Morgan fingerprint density at radius 2 is 2.25 bits per heavy atom. The van der Waals surface area contributed by atoms with Gasteiger partial charge in [0.2, 0.25) is 11.9 Å². The maximum atomic E-state index is 11.1. The molecule has 5 nitrogen and oxygen atoms in total. The maximum absolute atomic E-state index is 11.1. The molecule has 1 rings (SSSR count). The first kappa shape index (κ1) is 8.70. The van der Waals surface area contributed by atoms with Crippen molar-refractivity contribution in [1.29, 1.82) is 5.41 Å². The fourth-order valence-electron chi connectivity index (χ4n) is 1.05. The van der Waals surface area contributed by atoms with Crippen LogP contribution < -0.4 is 0 Å². The molecule has 1 aliphatic rings. The number of carbonyl (C=O) groups is 2. The number of rotatable bonds is 1. The van der Waals surface area contributed by atoms with E-state index in [1.165, 1.54) is 4.90 Å². The van der Waals surface area contributed by atoms with Crippen molar-refractivity contribution in [2.75, 3.05) is 13.6 Å². The molecular formula is C7H11N3O2. The largest absolute Gasteiger partial charge is 0.336 e. The van der Waals surface area contributed by atoms with E-state index in [-0.39, 0.29) is 30.7 Å². The number of nitrogens with zero attached hydrogens (tertiary/aromatic N) is 2. The van der Waals surface area contributed by atoms with Crippen LogP contribution in [0.3, 0.4) is 0 Å². The van der Waals surface area contributed by atoms with Crippen molar-refractivity contribution in [2.24, 2.45) is 0 Å². The second-order valence-electron chi connectivity index (χ2n) is 2.66. The summed E-state index contributed by atoms with van der Waals surface area (Å²) >= 11 is 0. The second-order valence-corrected chi connectivity index (χ2v) is 2.66. The highest BCUT2D eigenvalue weighted by Gasteiger charge is 2.34. The zero-order valence-corrected chi connectivity index (χ0v) is 7.13. The zero-order chi connectivity index (χ0) is 9.30. The summed E-state index contributed by atoms with van der Waals surface area (Å²) in [4.78, 5) is 24.6. The Balaban J connectivity index is 2.84. The number of amides is 2. The molecule has 66 valence electrons. The molecule has 1 heterocycles. The van der Waals surface area contributed by atoms with Crippen LogP contribution in [0.5, 0.6) is 0 Å². The SMILES string of the molecule is CCC(=O)N1C(=N)N(C)CC1=O. The van der Waals surface area contributed by atoms with Gasteiger partial charge in [-0.1, -0.05) is 6.92 Å². The molecule has 0 saturated carbocycles. The highest BCUT2D eigenvalue weighted by molar-refractivity contribution is 6.15. The standard InChI is InChI=1S/C7H11N3O2/c1-3-5(11)10-6(12)4-9(2)7(10)8/h8H,3-4H2,1-2H3. The van der Waals surface area contributed by atoms with Gasteiger partial charge in [0.25, 0.3) is 5.91 Å². The predicted octanol–water partition coefficient (Wildman–Crippen LogP) is -0.368. The van der Waals surface area contributed by atoms with Crippen molar-refractivity contribution in [3.05, 3.63) is 0 Å². The number of hydrogen-bond donors (Lipinski definition) is 1. The number of hydrogen-bond acceptors (Lipinski definition) is 3. The zero-order valence-electron chi connectivity index (χ0n) is 7.13. The molecule has 5 heteroatoms. The lowest BCUT2D eigenvalue weighted by Crippen LogP contribution is -2.37. The molecule has 0 spiro atoms. The molecule has 1 fully saturated rings. The first-order valence-corrected chi connectivity index (χ1v) is 3.73. The molecule has 0 aromatic heterocycles. The van der Waals surface area contributed by atoms with Crippen LogP contribution >= 0.6 is 0 Å². The van der Waals surface area contributed by atoms with Crippen LogP contribution in [0.1, 0.15) is 13.3 Å². The molecule has 0 aliphatic carbocycles. The van der Waals surface area contributed by atoms with Crippen molar-refractivity contribution in [1.82, 2.24) is 9.80 Å². The van der Waals surface area contributed by atoms with E-state index in [0.29, 0.717) is 0 Å². The van der Waals surface area contributed by atoms with Crippen molar-refractivity contribution >= 4 is 17.8 Å². The first-order chi connectivity index (χ1) is 5.57. The lowest BCUT2D eigenvalue weighted by molar-refractivity contribution is -0.137. The monoisotopic (exact) mass is 169 g/mol. The first-order valence-electron chi connectivity index (χ1n) is 3.73. The number of guanidine groups is 1. The van der Waals surface area contributed by atoms with Crippen LogP contribution in [0.25, 0.3) is 0 Å². The van der Waals surface area contributed by atoms with E-state index < -0.39 is 0 Å². The quantitative estimate of drug-likeness (QED) is 0.582. The topological polar surface area (TPSA) is 64.5 Å². The lowest BCUT2D eigenvalue weighted by Gasteiger charge is -2.13. The predicted molar refractivity (Wildman–Crippen MR) is 42.5 cm³/mol. The van der Waals surface area contributed by atoms with Crippen molar-refractivity contribution < 1.29 is 9.59 Å². The summed E-state index contributed by atoms with van der Waals surface area (Å²) < 4.78 is 0. The molecule has 2 amide bonds. The molecule has 0 bridgehead atoms. The third-order valence-corrected chi connectivity index (χ3v) is 1.75. The fraction of sp³-hybridized carbons (Fsp3) is 0.571. The van der Waals surface area contributed by atoms with Crippen LogP contribution in [-0.4, -0.2) is 41.2 Å². The van der Waals surface area contributed by atoms with Crippen molar-refractivity contribution in [3.63, 3.8) is 0 Å². The molecule has 1 N–H and O–H groups in total. The summed E-state index contributed by atoms with van der Waals surface area (Å²) in [7, 11) is 1.61. The number of imide groups is 1. The lowest BCUT2D eigenvalue weighted by atomic mass is 10.4. The summed E-state index contributed by atoms with van der Waals surface area (Å²) in [5.41, 5.74) is 0. The van der Waals surface area contributed by atoms with Crippen molar-refractivity contribution in [3.8, 4) is 0 Å². The van der Waals surface area contributed by atoms with Crippen molar-refractivity contribution in [2.45, 2.75) is 13.3 Å². The number of likely N-dealkylation sites (N-methyl/N-ethyl adjacent to an activating group) is 1. The van der Waals surface area contributed by atoms with Gasteiger partial charge in [-0.05, 0) is 0 Å². The number of carbonyl (C=O) groups excluding carboxylic acids is 2. The van der Waals surface area contributed by atoms with E-state index >= 15 is 0 Å². The molecule has 0 atom stereocenters. The van der Waals surface area contributed by atoms with Gasteiger partial charge in [-0.15, -0.1) is 0 Å². The molecule has 0 unspecified atom stereocenters. The smallest absolute Gasteiger partial charge is 0.255 e. The van der Waals surface area contributed by atoms with E-state index in [4.69, 9.17) is 5.41 Å². The molecule has 1 saturated heterocycles. The number of nitrogens with one attached hydrogen (secondary N) is 1. The third kappa shape index (κ3) is 1.17. The van der Waals surface area contributed by atoms with Gasteiger partial charge in [0, 0.05) is 13.5 Å². The van der Waals surface area contributed by atoms with Crippen LogP contribution in [0, 0.1) is 5.41 Å². The molecule has 0 aromatic carbocycles. The van der Waals surface area contributed by atoms with E-state index in [0.717, 1.165) is 4.90 Å². The van der Waals surface area contributed by atoms with Crippen LogP contribution in [0.4, 0.5) is 0 Å². The van der Waals surface area contributed by atoms with Crippen LogP contribution in [0.2, 0.25) is 0 Å². The summed E-state index contributed by atoms with van der Waals surface area (Å²) in [6.45, 7) is 1.80. The maximum Gasteiger partial charge on any atom is 0.255 e. The van der Waals surface area contributed by atoms with Gasteiger partial charge < -0.3 is 4.90 Å². The normalized spacial score (nSPS) is 17.5. The van der Waals surface area contributed by atoms with Gasteiger partial charge in [-0.2, -0.15) is 0 Å². The molecule has 0 aromatic rings. The Bertz CT molecular complexity index is 241. The van der Waals surface area contributed by atoms with Gasteiger partial charge in [0.15, 0.2) is 0 Å². The van der Waals surface area contributed by atoms with E-state index in [1.807, 2.05) is 0 Å². The summed E-state index contributed by atoms with van der Waals surface area (Å²) in [5, 5.41) is 7.39. The Labute approximate surface area is 70.5 Å². The minimum absolute atomic E-state index is 0.0214. The average molecular weight is 169 g/mol. The van der Waals surface area contributed by atoms with Crippen LogP contribution in [-0.2, 0) is 9.59 Å². The van der Waals surface area contributed by atoms with E-state index in [9.17, 15) is 9.59 Å². The molecule has 12 heavy (non-hydrogen) atoms. The van der Waals surface area contributed by atoms with Crippen LogP contribution in [0.15, 0.2) is 0 Å². The summed E-state index contributed by atoms with van der Waals surface area (Å²) in [6.07, 6.45) is 0.252. The highest BCUT2D eigenvalue weighted by Crippen LogP contribution is 2.07. The van der Waals surface area contributed by atoms with Gasteiger partial charge in [0.05, 0.1) is 0 Å². The van der Waals surface area contributed by atoms with E-state index in [1.54, 1.807) is 14.0 Å². The second kappa shape index (κ2) is 2.92. The molecule has 1 aliphatic heterocycles. The molecular weight excluding hydrogens is 158 g/mol. The Hall–Kier alpha value is -1.39. The Kier molecular flexibility index (Phi) is 2.12. The van der Waals surface area contributed by atoms with Gasteiger partial charge >= 0.3 is 0 Å². The summed E-state index contributed by atoms with van der Waals surface area (Å²) in [5.74, 6) is -0.643. The minimum Gasteiger partial charge on any atom is -0.336 e. The molecule has 0 radical (unpaired) electrons. The van der Waals surface area contributed by atoms with E-state index in [2.05, 4.69) is 0 Å². The Morgan fingerprint density at radius 1 is 1.67 bits per heavy atom. The highest BCUT2D eigenvalue weighted by atomic mass is 16.2. The Morgan fingerprint density at radius 3 is 2.58 bits per heavy atom. The van der Waals surface area contributed by atoms with Gasteiger partial charge in [0.1, 0.15) is 6.54 Å². The summed E-state index contributed by atoms with van der Waals surface area (Å²) in [6, 6.07) is 0. The van der Waals surface area contributed by atoms with Gasteiger partial charge in [-0.3, -0.25) is 15.0 Å². The minimum atomic E-state index is -0.311. The third-order valence-electron chi connectivity index (χ3n) is 1.75. The van der Waals surface area contributed by atoms with Gasteiger partial charge in [-0.25, -0.2) is 4.90 Å².